The molecule has 0 bridgehead atoms. The molecule has 2 amide bonds. The van der Waals surface area contributed by atoms with Crippen molar-refractivity contribution in [2.75, 3.05) is 29.4 Å². The van der Waals surface area contributed by atoms with E-state index in [1.807, 2.05) is 12.1 Å². The number of sulfonamides is 1. The van der Waals surface area contributed by atoms with Crippen molar-refractivity contribution in [3.05, 3.63) is 41.6 Å². The summed E-state index contributed by atoms with van der Waals surface area (Å²) in [6.45, 7) is 2.07. The summed E-state index contributed by atoms with van der Waals surface area (Å²) in [6, 6.07) is 9.47. The molecule has 2 aliphatic rings. The number of benzene rings is 1. The molecule has 35 heavy (non-hydrogen) atoms. The summed E-state index contributed by atoms with van der Waals surface area (Å²) < 4.78 is 26.9. The third-order valence-corrected chi connectivity index (χ3v) is 7.12. The van der Waals surface area contributed by atoms with Crippen molar-refractivity contribution < 1.29 is 18.0 Å². The van der Waals surface area contributed by atoms with E-state index >= 15 is 0 Å². The van der Waals surface area contributed by atoms with E-state index in [0.717, 1.165) is 24.7 Å². The molecule has 0 atom stereocenters. The number of amides is 2. The molecular formula is C23H29N7O4S. The van der Waals surface area contributed by atoms with Crippen molar-refractivity contribution in [1.82, 2.24) is 14.7 Å². The summed E-state index contributed by atoms with van der Waals surface area (Å²) >= 11 is 0. The third kappa shape index (κ3) is 5.98. The van der Waals surface area contributed by atoms with Crippen LogP contribution in [-0.4, -0.2) is 54.3 Å². The van der Waals surface area contributed by atoms with E-state index in [1.165, 1.54) is 0 Å². The number of nitriles is 1. The molecule has 4 rings (SSSR count). The SMILES string of the molecule is CS(=O)(=O)Nc1ccc(CN2CCC(CC#N)(n3cc(C(N)=O)c(NC(=O)C4CC4)n3)CC2)cc1. The number of anilines is 2. The fraction of sp³-hybridized carbons (Fsp3) is 0.478. The monoisotopic (exact) mass is 499 g/mol. The molecular weight excluding hydrogens is 470 g/mol. The maximum Gasteiger partial charge on any atom is 0.254 e. The van der Waals surface area contributed by atoms with Crippen molar-refractivity contribution in [3.63, 3.8) is 0 Å². The van der Waals surface area contributed by atoms with E-state index in [0.29, 0.717) is 38.2 Å². The van der Waals surface area contributed by atoms with Crippen LogP contribution in [0.25, 0.3) is 0 Å². The fourth-order valence-corrected chi connectivity index (χ4v) is 4.93. The maximum atomic E-state index is 12.2. The Kier molecular flexibility index (Phi) is 6.82. The van der Waals surface area contributed by atoms with Crippen LogP contribution in [0, 0.1) is 17.2 Å². The van der Waals surface area contributed by atoms with Gasteiger partial charge in [-0.05, 0) is 43.4 Å². The predicted molar refractivity (Wildman–Crippen MR) is 130 cm³/mol. The number of nitrogens with zero attached hydrogens (tertiary/aromatic N) is 4. The highest BCUT2D eigenvalue weighted by atomic mass is 32.2. The molecule has 0 unspecified atom stereocenters. The number of carbonyl (C=O) groups is 2. The highest BCUT2D eigenvalue weighted by Crippen LogP contribution is 2.36. The van der Waals surface area contributed by atoms with Gasteiger partial charge in [-0.2, -0.15) is 10.4 Å². The van der Waals surface area contributed by atoms with Crippen LogP contribution in [0.5, 0.6) is 0 Å². The number of primary amides is 1. The topological polar surface area (TPSA) is 163 Å². The van der Waals surface area contributed by atoms with E-state index in [2.05, 4.69) is 26.1 Å². The van der Waals surface area contributed by atoms with Gasteiger partial charge in [-0.15, -0.1) is 0 Å². The van der Waals surface area contributed by atoms with Crippen LogP contribution in [0.4, 0.5) is 11.5 Å². The molecule has 1 aliphatic heterocycles. The molecule has 12 heteroatoms. The zero-order valence-electron chi connectivity index (χ0n) is 19.5. The number of carbonyl (C=O) groups excluding carboxylic acids is 2. The molecule has 2 fully saturated rings. The Balaban J connectivity index is 1.46. The van der Waals surface area contributed by atoms with Gasteiger partial charge in [-0.3, -0.25) is 23.9 Å². The molecule has 2 aromatic rings. The number of likely N-dealkylation sites (tertiary alicyclic amines) is 1. The lowest BCUT2D eigenvalue weighted by Gasteiger charge is -2.40. The smallest absolute Gasteiger partial charge is 0.254 e. The van der Waals surface area contributed by atoms with Gasteiger partial charge in [0, 0.05) is 37.4 Å². The van der Waals surface area contributed by atoms with Crippen molar-refractivity contribution >= 4 is 33.3 Å². The molecule has 1 aromatic carbocycles. The second-order valence-electron chi connectivity index (χ2n) is 9.37. The second kappa shape index (κ2) is 9.67. The minimum atomic E-state index is -3.32. The third-order valence-electron chi connectivity index (χ3n) is 6.51. The molecule has 1 saturated heterocycles. The summed E-state index contributed by atoms with van der Waals surface area (Å²) in [5.41, 5.74) is 6.62. The first-order valence-electron chi connectivity index (χ1n) is 11.5. The molecule has 0 radical (unpaired) electrons. The van der Waals surface area contributed by atoms with Gasteiger partial charge in [-0.25, -0.2) is 8.42 Å². The molecule has 0 spiro atoms. The quantitative estimate of drug-likeness (QED) is 0.472. The summed E-state index contributed by atoms with van der Waals surface area (Å²) in [5, 5.41) is 16.8. The molecule has 2 heterocycles. The molecule has 11 nitrogen and oxygen atoms in total. The van der Waals surface area contributed by atoms with Crippen LogP contribution < -0.4 is 15.8 Å². The molecule has 4 N–H and O–H groups in total. The van der Waals surface area contributed by atoms with Gasteiger partial charge in [0.05, 0.1) is 24.3 Å². The summed E-state index contributed by atoms with van der Waals surface area (Å²) in [6.07, 6.45) is 5.77. The first-order valence-corrected chi connectivity index (χ1v) is 13.3. The second-order valence-corrected chi connectivity index (χ2v) is 11.1. The van der Waals surface area contributed by atoms with Crippen molar-refractivity contribution in [3.8, 4) is 6.07 Å². The first-order chi connectivity index (χ1) is 16.6. The van der Waals surface area contributed by atoms with Crippen LogP contribution >= 0.6 is 0 Å². The Morgan fingerprint density at radius 1 is 1.23 bits per heavy atom. The van der Waals surface area contributed by atoms with Gasteiger partial charge in [0.1, 0.15) is 5.56 Å². The summed E-state index contributed by atoms with van der Waals surface area (Å²) in [7, 11) is -3.32. The lowest BCUT2D eigenvalue weighted by Crippen LogP contribution is -2.46. The van der Waals surface area contributed by atoms with Crippen LogP contribution in [0.15, 0.2) is 30.5 Å². The molecule has 186 valence electrons. The van der Waals surface area contributed by atoms with Gasteiger partial charge in [-0.1, -0.05) is 12.1 Å². The average Bonchev–Trinajstić information content (AvgIpc) is 3.56. The Hall–Kier alpha value is -3.43. The van der Waals surface area contributed by atoms with Crippen molar-refractivity contribution in [1.29, 1.82) is 5.26 Å². The normalized spacial score (nSPS) is 17.9. The zero-order chi connectivity index (χ0) is 25.2. The first kappa shape index (κ1) is 24.7. The van der Waals surface area contributed by atoms with E-state index in [-0.39, 0.29) is 29.6 Å². The molecule has 1 saturated carbocycles. The van der Waals surface area contributed by atoms with E-state index in [4.69, 9.17) is 5.73 Å². The largest absolute Gasteiger partial charge is 0.365 e. The average molecular weight is 500 g/mol. The molecule has 1 aliphatic carbocycles. The van der Waals surface area contributed by atoms with Crippen LogP contribution in [-0.2, 0) is 26.9 Å². The van der Waals surface area contributed by atoms with Crippen LogP contribution in [0.1, 0.15) is 48.0 Å². The van der Waals surface area contributed by atoms with E-state index in [1.54, 1.807) is 23.0 Å². The van der Waals surface area contributed by atoms with E-state index in [9.17, 15) is 23.3 Å². The predicted octanol–water partition coefficient (Wildman–Crippen LogP) is 1.61. The summed E-state index contributed by atoms with van der Waals surface area (Å²) in [4.78, 5) is 26.5. The number of aromatic nitrogens is 2. The summed E-state index contributed by atoms with van der Waals surface area (Å²) in [5.74, 6) is -0.745. The van der Waals surface area contributed by atoms with Crippen molar-refractivity contribution in [2.45, 2.75) is 44.2 Å². The number of piperidine rings is 1. The van der Waals surface area contributed by atoms with Crippen molar-refractivity contribution in [2.24, 2.45) is 11.7 Å². The Morgan fingerprint density at radius 3 is 2.43 bits per heavy atom. The number of rotatable bonds is 9. The van der Waals surface area contributed by atoms with Gasteiger partial charge >= 0.3 is 0 Å². The van der Waals surface area contributed by atoms with Crippen LogP contribution in [0.3, 0.4) is 0 Å². The molecule has 1 aromatic heterocycles. The minimum absolute atomic E-state index is 0.0478. The Labute approximate surface area is 204 Å². The highest BCUT2D eigenvalue weighted by molar-refractivity contribution is 7.92. The number of nitrogens with two attached hydrogens (primary N) is 1. The Morgan fingerprint density at radius 2 is 1.89 bits per heavy atom. The Bertz CT molecular complexity index is 1250. The highest BCUT2D eigenvalue weighted by Gasteiger charge is 2.39. The minimum Gasteiger partial charge on any atom is -0.365 e. The number of hydrogen-bond donors (Lipinski definition) is 3. The zero-order valence-corrected chi connectivity index (χ0v) is 20.3. The van der Waals surface area contributed by atoms with Crippen LogP contribution in [0.2, 0.25) is 0 Å². The van der Waals surface area contributed by atoms with Gasteiger partial charge < -0.3 is 11.1 Å². The fourth-order valence-electron chi connectivity index (χ4n) is 4.37. The number of nitrogens with one attached hydrogen (secondary N) is 2. The van der Waals surface area contributed by atoms with Gasteiger partial charge in [0.2, 0.25) is 15.9 Å². The van der Waals surface area contributed by atoms with Gasteiger partial charge in [0.25, 0.3) is 5.91 Å². The lowest BCUT2D eigenvalue weighted by atomic mass is 9.84. The maximum absolute atomic E-state index is 12.2. The number of hydrogen-bond acceptors (Lipinski definition) is 7. The van der Waals surface area contributed by atoms with Gasteiger partial charge in [0.15, 0.2) is 5.82 Å². The standard InChI is InChI=1S/C23H29N7O4S/c1-35(33,34)28-18-6-2-16(3-7-18)14-29-12-9-23(8-11-24,10-13-29)30-15-19(20(25)31)21(27-30)26-22(32)17-4-5-17/h2-3,6-7,15,17,28H,4-5,8-10,12-14H2,1H3,(H2,25,31)(H,26,27,32). The lowest BCUT2D eigenvalue weighted by molar-refractivity contribution is -0.117. The van der Waals surface area contributed by atoms with E-state index < -0.39 is 21.5 Å².